The molecule has 0 aliphatic heterocycles. The van der Waals surface area contributed by atoms with E-state index in [0.29, 0.717) is 47.2 Å². The van der Waals surface area contributed by atoms with Gasteiger partial charge in [-0.15, -0.1) is 0 Å². The summed E-state index contributed by atoms with van der Waals surface area (Å²) >= 11 is 0. The Balaban J connectivity index is 1.68. The zero-order valence-electron chi connectivity index (χ0n) is 19.4. The van der Waals surface area contributed by atoms with Crippen molar-refractivity contribution in [3.63, 3.8) is 0 Å². The fourth-order valence-corrected chi connectivity index (χ4v) is 3.78. The van der Waals surface area contributed by atoms with Crippen LogP contribution in [0.5, 0.6) is 11.5 Å². The van der Waals surface area contributed by atoms with Crippen LogP contribution in [0, 0.1) is 0 Å². The molecule has 0 aliphatic rings. The Hall–Kier alpha value is -4.26. The minimum absolute atomic E-state index is 0.263. The van der Waals surface area contributed by atoms with Crippen molar-refractivity contribution in [1.82, 2.24) is 4.57 Å². The van der Waals surface area contributed by atoms with E-state index in [-0.39, 0.29) is 11.8 Å². The smallest absolute Gasteiger partial charge is 0.256 e. The molecule has 2 amide bonds. The molecule has 174 valence electrons. The SMILES string of the molecule is CCOc1cc(NC(=O)c2cccc3c2ccn3C)c(OCC)cc1NC(=O)c1ccccc1. The number of aromatic nitrogens is 1. The average Bonchev–Trinajstić information content (AvgIpc) is 3.23. The number of benzene rings is 3. The van der Waals surface area contributed by atoms with Gasteiger partial charge < -0.3 is 24.7 Å². The first-order chi connectivity index (χ1) is 16.5. The quantitative estimate of drug-likeness (QED) is 0.367. The van der Waals surface area contributed by atoms with Gasteiger partial charge in [-0.3, -0.25) is 9.59 Å². The highest BCUT2D eigenvalue weighted by Gasteiger charge is 2.19. The van der Waals surface area contributed by atoms with Gasteiger partial charge in [-0.1, -0.05) is 24.3 Å². The number of aryl methyl sites for hydroxylation is 1. The van der Waals surface area contributed by atoms with Gasteiger partial charge in [-0.2, -0.15) is 0 Å². The molecule has 1 heterocycles. The third-order valence-electron chi connectivity index (χ3n) is 5.39. The Labute approximate surface area is 198 Å². The van der Waals surface area contributed by atoms with E-state index >= 15 is 0 Å². The predicted octanol–water partition coefficient (Wildman–Crippen LogP) is 5.48. The van der Waals surface area contributed by atoms with Crippen molar-refractivity contribution in [2.45, 2.75) is 13.8 Å². The van der Waals surface area contributed by atoms with E-state index < -0.39 is 0 Å². The highest BCUT2D eigenvalue weighted by Crippen LogP contribution is 2.37. The first-order valence-corrected chi connectivity index (χ1v) is 11.2. The van der Waals surface area contributed by atoms with Crippen molar-refractivity contribution < 1.29 is 19.1 Å². The number of nitrogens with one attached hydrogen (secondary N) is 2. The molecule has 34 heavy (non-hydrogen) atoms. The summed E-state index contributed by atoms with van der Waals surface area (Å²) < 4.78 is 13.6. The Morgan fingerprint density at radius 1 is 0.794 bits per heavy atom. The second-order valence-electron chi connectivity index (χ2n) is 7.65. The molecular weight excluding hydrogens is 430 g/mol. The van der Waals surface area contributed by atoms with Crippen LogP contribution >= 0.6 is 0 Å². The van der Waals surface area contributed by atoms with E-state index in [9.17, 15) is 9.59 Å². The molecule has 0 fully saturated rings. The van der Waals surface area contributed by atoms with Crippen LogP contribution in [0.2, 0.25) is 0 Å². The summed E-state index contributed by atoms with van der Waals surface area (Å²) in [7, 11) is 1.94. The molecular formula is C27H27N3O4. The van der Waals surface area contributed by atoms with Gasteiger partial charge in [0.1, 0.15) is 11.5 Å². The summed E-state index contributed by atoms with van der Waals surface area (Å²) in [6, 6.07) is 19.8. The fourth-order valence-electron chi connectivity index (χ4n) is 3.78. The molecule has 7 heteroatoms. The monoisotopic (exact) mass is 457 g/mol. The molecule has 0 radical (unpaired) electrons. The zero-order chi connectivity index (χ0) is 24.1. The molecule has 0 saturated heterocycles. The second kappa shape index (κ2) is 10.1. The first-order valence-electron chi connectivity index (χ1n) is 11.2. The summed E-state index contributed by atoms with van der Waals surface area (Å²) in [6.45, 7) is 4.48. The van der Waals surface area contributed by atoms with Gasteiger partial charge in [0.25, 0.3) is 11.8 Å². The van der Waals surface area contributed by atoms with E-state index in [2.05, 4.69) is 10.6 Å². The predicted molar refractivity (Wildman–Crippen MR) is 134 cm³/mol. The Morgan fingerprint density at radius 3 is 2.03 bits per heavy atom. The van der Waals surface area contributed by atoms with E-state index in [1.54, 1.807) is 42.5 Å². The van der Waals surface area contributed by atoms with Gasteiger partial charge in [-0.25, -0.2) is 0 Å². The molecule has 1 aromatic heterocycles. The molecule has 4 aromatic rings. The zero-order valence-corrected chi connectivity index (χ0v) is 19.4. The van der Waals surface area contributed by atoms with Gasteiger partial charge in [-0.05, 0) is 44.2 Å². The van der Waals surface area contributed by atoms with Crippen molar-refractivity contribution in [3.8, 4) is 11.5 Å². The van der Waals surface area contributed by atoms with Crippen LogP contribution in [0.25, 0.3) is 10.9 Å². The van der Waals surface area contributed by atoms with Gasteiger partial charge in [0.05, 0.1) is 24.6 Å². The number of amides is 2. The van der Waals surface area contributed by atoms with Gasteiger partial charge in [0, 0.05) is 47.4 Å². The van der Waals surface area contributed by atoms with Crippen molar-refractivity contribution in [2.24, 2.45) is 7.05 Å². The van der Waals surface area contributed by atoms with Crippen LogP contribution in [0.15, 0.2) is 72.9 Å². The maximum Gasteiger partial charge on any atom is 0.256 e. The van der Waals surface area contributed by atoms with Crippen LogP contribution < -0.4 is 20.1 Å². The van der Waals surface area contributed by atoms with Crippen LogP contribution in [-0.4, -0.2) is 29.6 Å². The van der Waals surface area contributed by atoms with Crippen LogP contribution in [0.3, 0.4) is 0 Å². The minimum atomic E-state index is -0.267. The summed E-state index contributed by atoms with van der Waals surface area (Å²) in [5.41, 5.74) is 2.96. The topological polar surface area (TPSA) is 81.6 Å². The molecule has 0 bridgehead atoms. The molecule has 2 N–H and O–H groups in total. The lowest BCUT2D eigenvalue weighted by Crippen LogP contribution is -2.16. The standard InChI is InChI=1S/C27H27N3O4/c1-4-33-24-17-22(29-27(32)20-12-9-13-23-19(20)14-15-30(23)3)25(34-5-2)16-21(24)28-26(31)18-10-7-6-8-11-18/h6-17H,4-5H2,1-3H3,(H,28,31)(H,29,32). The normalized spacial score (nSPS) is 10.7. The summed E-state index contributed by atoms with van der Waals surface area (Å²) in [5, 5.41) is 6.71. The lowest BCUT2D eigenvalue weighted by Gasteiger charge is -2.18. The van der Waals surface area contributed by atoms with E-state index in [1.807, 2.05) is 55.9 Å². The molecule has 0 atom stereocenters. The van der Waals surface area contributed by atoms with Crippen molar-refractivity contribution in [2.75, 3.05) is 23.8 Å². The maximum atomic E-state index is 13.2. The van der Waals surface area contributed by atoms with E-state index in [0.717, 1.165) is 10.9 Å². The summed E-state index contributed by atoms with van der Waals surface area (Å²) in [4.78, 5) is 26.0. The molecule has 0 saturated carbocycles. The lowest BCUT2D eigenvalue weighted by atomic mass is 10.1. The second-order valence-corrected chi connectivity index (χ2v) is 7.65. The molecule has 4 rings (SSSR count). The number of ether oxygens (including phenoxy) is 2. The molecule has 0 unspecified atom stereocenters. The molecule has 0 spiro atoms. The number of hydrogen-bond acceptors (Lipinski definition) is 4. The first kappa shape index (κ1) is 22.9. The number of hydrogen-bond donors (Lipinski definition) is 2. The van der Waals surface area contributed by atoms with Crippen molar-refractivity contribution in [3.05, 3.63) is 84.1 Å². The number of carbonyl (C=O) groups is 2. The third-order valence-corrected chi connectivity index (χ3v) is 5.39. The summed E-state index contributed by atoms with van der Waals surface area (Å²) in [6.07, 6.45) is 1.92. The Kier molecular flexibility index (Phi) is 6.82. The molecule has 7 nitrogen and oxygen atoms in total. The van der Waals surface area contributed by atoms with Crippen LogP contribution in [-0.2, 0) is 7.05 Å². The van der Waals surface area contributed by atoms with E-state index in [1.165, 1.54) is 0 Å². The lowest BCUT2D eigenvalue weighted by molar-refractivity contribution is 0.101. The largest absolute Gasteiger partial charge is 0.492 e. The summed E-state index contributed by atoms with van der Waals surface area (Å²) in [5.74, 6) is 0.337. The van der Waals surface area contributed by atoms with Crippen molar-refractivity contribution in [1.29, 1.82) is 0 Å². The number of fused-ring (bicyclic) bond motifs is 1. The maximum absolute atomic E-state index is 13.2. The van der Waals surface area contributed by atoms with Gasteiger partial charge in [0.15, 0.2) is 0 Å². The number of rotatable bonds is 8. The third kappa shape index (κ3) is 4.73. The number of nitrogens with zero attached hydrogens (tertiary/aromatic N) is 1. The van der Waals surface area contributed by atoms with Crippen LogP contribution in [0.1, 0.15) is 34.6 Å². The van der Waals surface area contributed by atoms with Crippen molar-refractivity contribution >= 4 is 34.1 Å². The fraction of sp³-hybridized carbons (Fsp3) is 0.185. The van der Waals surface area contributed by atoms with E-state index in [4.69, 9.17) is 9.47 Å². The molecule has 0 aliphatic carbocycles. The van der Waals surface area contributed by atoms with Crippen LogP contribution in [0.4, 0.5) is 11.4 Å². The number of carbonyl (C=O) groups excluding carboxylic acids is 2. The average molecular weight is 458 g/mol. The Bertz CT molecular complexity index is 1330. The highest BCUT2D eigenvalue weighted by atomic mass is 16.5. The van der Waals surface area contributed by atoms with Gasteiger partial charge in [0.2, 0.25) is 0 Å². The molecule has 3 aromatic carbocycles. The van der Waals surface area contributed by atoms with Gasteiger partial charge >= 0.3 is 0 Å². The Morgan fingerprint density at radius 2 is 1.41 bits per heavy atom. The highest BCUT2D eigenvalue weighted by molar-refractivity contribution is 6.13. The number of anilines is 2. The minimum Gasteiger partial charge on any atom is -0.492 e.